The van der Waals surface area contributed by atoms with Crippen LogP contribution in [0.4, 0.5) is 5.69 Å². The number of carbonyl (C=O) groups is 1. The van der Waals surface area contributed by atoms with Crippen LogP contribution in [0.15, 0.2) is 42.5 Å². The summed E-state index contributed by atoms with van der Waals surface area (Å²) in [6, 6.07) is 14.4. The van der Waals surface area contributed by atoms with Crippen molar-refractivity contribution in [1.29, 1.82) is 0 Å². The number of anilines is 1. The quantitative estimate of drug-likeness (QED) is 0.560. The number of halogens is 1. The zero-order valence-corrected chi connectivity index (χ0v) is 16.1. The zero-order valence-electron chi connectivity index (χ0n) is 13.9. The molecule has 1 N–H and O–H groups in total. The highest BCUT2D eigenvalue weighted by molar-refractivity contribution is 14.1. The van der Waals surface area contributed by atoms with Crippen molar-refractivity contribution in [2.75, 3.05) is 25.0 Å². The predicted molar refractivity (Wildman–Crippen MR) is 105 cm³/mol. The molecular weight excluding hydrogens is 399 g/mol. The van der Waals surface area contributed by atoms with Crippen LogP contribution in [0.5, 0.6) is 0 Å². The smallest absolute Gasteiger partial charge is 0.252 e. The molecule has 0 radical (unpaired) electrons. The molecule has 1 amide bonds. The average Bonchev–Trinajstić information content (AvgIpc) is 2.51. The van der Waals surface area contributed by atoms with E-state index in [2.05, 4.69) is 71.0 Å². The lowest BCUT2D eigenvalue weighted by Gasteiger charge is -2.19. The molecule has 2 aromatic carbocycles. The maximum atomic E-state index is 12.2. The molecule has 0 saturated heterocycles. The third-order valence-corrected chi connectivity index (χ3v) is 4.69. The van der Waals surface area contributed by atoms with Crippen LogP contribution in [-0.4, -0.2) is 26.0 Å². The first kappa shape index (κ1) is 17.8. The summed E-state index contributed by atoms with van der Waals surface area (Å²) in [5.41, 5.74) is 4.39. The summed E-state index contributed by atoms with van der Waals surface area (Å²) in [5.74, 6) is 0.00684. The average molecular weight is 422 g/mol. The van der Waals surface area contributed by atoms with Gasteiger partial charge in [-0.25, -0.2) is 0 Å². The van der Waals surface area contributed by atoms with Gasteiger partial charge >= 0.3 is 0 Å². The van der Waals surface area contributed by atoms with Gasteiger partial charge in [0.15, 0.2) is 0 Å². The van der Waals surface area contributed by atoms with Crippen molar-refractivity contribution >= 4 is 34.2 Å². The van der Waals surface area contributed by atoms with Gasteiger partial charge < -0.3 is 10.2 Å². The molecule has 23 heavy (non-hydrogen) atoms. The number of nitrogens with zero attached hydrogens (tertiary/aromatic N) is 1. The maximum absolute atomic E-state index is 12.2. The van der Waals surface area contributed by atoms with E-state index in [1.54, 1.807) is 0 Å². The van der Waals surface area contributed by atoms with E-state index in [0.717, 1.165) is 22.1 Å². The van der Waals surface area contributed by atoms with Crippen LogP contribution >= 0.6 is 22.6 Å². The summed E-state index contributed by atoms with van der Waals surface area (Å²) in [5, 5.41) is 3.00. The van der Waals surface area contributed by atoms with Gasteiger partial charge in [0.05, 0.1) is 5.56 Å². The summed E-state index contributed by atoms with van der Waals surface area (Å²) < 4.78 is 0.997. The van der Waals surface area contributed by atoms with E-state index in [9.17, 15) is 4.79 Å². The highest BCUT2D eigenvalue weighted by Gasteiger charge is 2.09. The SMILES string of the molecule is Cc1ccc(N(C)CCCNC(=O)c2ccc(C)cc2I)cc1. The summed E-state index contributed by atoms with van der Waals surface area (Å²) in [4.78, 5) is 14.4. The number of amides is 1. The fourth-order valence-corrected chi connectivity index (χ4v) is 3.26. The summed E-state index contributed by atoms with van der Waals surface area (Å²) in [6.07, 6.45) is 0.915. The van der Waals surface area contributed by atoms with Gasteiger partial charge in [-0.3, -0.25) is 4.79 Å². The fourth-order valence-electron chi connectivity index (χ4n) is 2.35. The number of aryl methyl sites for hydroxylation is 2. The molecule has 0 atom stereocenters. The first-order valence-electron chi connectivity index (χ1n) is 7.79. The lowest BCUT2D eigenvalue weighted by Crippen LogP contribution is -2.28. The van der Waals surface area contributed by atoms with E-state index in [1.807, 2.05) is 25.1 Å². The van der Waals surface area contributed by atoms with Gasteiger partial charge in [-0.2, -0.15) is 0 Å². The Morgan fingerprint density at radius 2 is 1.74 bits per heavy atom. The summed E-state index contributed by atoms with van der Waals surface area (Å²) >= 11 is 2.21. The first-order chi connectivity index (χ1) is 11.0. The van der Waals surface area contributed by atoms with Crippen LogP contribution in [0.2, 0.25) is 0 Å². The number of benzene rings is 2. The molecule has 0 unspecified atom stereocenters. The molecule has 122 valence electrons. The first-order valence-corrected chi connectivity index (χ1v) is 8.87. The van der Waals surface area contributed by atoms with Crippen molar-refractivity contribution in [2.24, 2.45) is 0 Å². The molecule has 0 fully saturated rings. The largest absolute Gasteiger partial charge is 0.375 e. The number of carbonyl (C=O) groups excluding carboxylic acids is 1. The second kappa shape index (κ2) is 8.34. The van der Waals surface area contributed by atoms with Crippen molar-refractivity contribution in [3.63, 3.8) is 0 Å². The number of nitrogens with one attached hydrogen (secondary N) is 1. The monoisotopic (exact) mass is 422 g/mol. The van der Waals surface area contributed by atoms with Gasteiger partial charge in [-0.1, -0.05) is 29.3 Å². The van der Waals surface area contributed by atoms with Crippen LogP contribution < -0.4 is 10.2 Å². The molecule has 2 aromatic rings. The molecule has 2 rings (SSSR count). The van der Waals surface area contributed by atoms with Crippen molar-refractivity contribution in [1.82, 2.24) is 5.32 Å². The van der Waals surface area contributed by atoms with Gasteiger partial charge in [0, 0.05) is 29.4 Å². The van der Waals surface area contributed by atoms with E-state index in [0.29, 0.717) is 6.54 Å². The Balaban J connectivity index is 1.78. The van der Waals surface area contributed by atoms with Crippen LogP contribution in [0.1, 0.15) is 27.9 Å². The van der Waals surface area contributed by atoms with Crippen LogP contribution in [-0.2, 0) is 0 Å². The van der Waals surface area contributed by atoms with E-state index in [1.165, 1.54) is 16.8 Å². The molecule has 0 bridgehead atoms. The Hall–Kier alpha value is -1.56. The second-order valence-electron chi connectivity index (χ2n) is 5.85. The van der Waals surface area contributed by atoms with Crippen molar-refractivity contribution in [3.05, 3.63) is 62.7 Å². The molecule has 3 nitrogen and oxygen atoms in total. The fraction of sp³-hybridized carbons (Fsp3) is 0.316. The molecule has 0 aliphatic carbocycles. The highest BCUT2D eigenvalue weighted by Crippen LogP contribution is 2.15. The van der Waals surface area contributed by atoms with Gasteiger partial charge in [-0.05, 0) is 67.1 Å². The second-order valence-corrected chi connectivity index (χ2v) is 7.01. The van der Waals surface area contributed by atoms with E-state index in [4.69, 9.17) is 0 Å². The topological polar surface area (TPSA) is 32.3 Å². The van der Waals surface area contributed by atoms with Crippen LogP contribution in [0.3, 0.4) is 0 Å². The molecule has 0 aromatic heterocycles. The normalized spacial score (nSPS) is 10.4. The summed E-state index contributed by atoms with van der Waals surface area (Å²) in [7, 11) is 2.08. The maximum Gasteiger partial charge on any atom is 0.252 e. The van der Waals surface area contributed by atoms with Crippen LogP contribution in [0, 0.1) is 17.4 Å². The number of rotatable bonds is 6. The molecule has 0 aliphatic rings. The Labute approximate surface area is 152 Å². The minimum absolute atomic E-state index is 0.00684. The Bertz CT molecular complexity index is 668. The van der Waals surface area contributed by atoms with E-state index < -0.39 is 0 Å². The lowest BCUT2D eigenvalue weighted by atomic mass is 10.1. The highest BCUT2D eigenvalue weighted by atomic mass is 127. The van der Waals surface area contributed by atoms with E-state index >= 15 is 0 Å². The van der Waals surface area contributed by atoms with Crippen molar-refractivity contribution in [2.45, 2.75) is 20.3 Å². The van der Waals surface area contributed by atoms with Gasteiger partial charge in [0.2, 0.25) is 0 Å². The molecule has 0 heterocycles. The van der Waals surface area contributed by atoms with Gasteiger partial charge in [-0.15, -0.1) is 0 Å². The Morgan fingerprint density at radius 1 is 1.09 bits per heavy atom. The third-order valence-electron chi connectivity index (χ3n) is 3.80. The number of hydrogen-bond acceptors (Lipinski definition) is 2. The molecular formula is C19H23IN2O. The molecule has 4 heteroatoms. The summed E-state index contributed by atoms with van der Waals surface area (Å²) in [6.45, 7) is 5.71. The third kappa shape index (κ3) is 5.23. The molecule has 0 saturated carbocycles. The Kier molecular flexibility index (Phi) is 6.45. The standard InChI is InChI=1S/C19H23IN2O/c1-14-5-8-16(9-6-14)22(3)12-4-11-21-19(23)17-10-7-15(2)13-18(17)20/h5-10,13H,4,11-12H2,1-3H3,(H,21,23). The molecule has 0 spiro atoms. The van der Waals surface area contributed by atoms with Gasteiger partial charge in [0.1, 0.15) is 0 Å². The van der Waals surface area contributed by atoms with Crippen LogP contribution in [0.25, 0.3) is 0 Å². The molecule has 0 aliphatic heterocycles. The van der Waals surface area contributed by atoms with E-state index in [-0.39, 0.29) is 5.91 Å². The minimum atomic E-state index is 0.00684. The Morgan fingerprint density at radius 3 is 2.39 bits per heavy atom. The zero-order chi connectivity index (χ0) is 16.8. The lowest BCUT2D eigenvalue weighted by molar-refractivity contribution is 0.0952. The number of hydrogen-bond donors (Lipinski definition) is 1. The minimum Gasteiger partial charge on any atom is -0.375 e. The van der Waals surface area contributed by atoms with Gasteiger partial charge in [0.25, 0.3) is 5.91 Å². The van der Waals surface area contributed by atoms with Crippen molar-refractivity contribution in [3.8, 4) is 0 Å². The van der Waals surface area contributed by atoms with Crippen molar-refractivity contribution < 1.29 is 4.79 Å². The predicted octanol–water partition coefficient (Wildman–Crippen LogP) is 4.16.